The molecule has 2 N–H and O–H groups in total. The molecule has 0 radical (unpaired) electrons. The maximum Gasteiger partial charge on any atom is 0.0947 e. The van der Waals surface area contributed by atoms with Gasteiger partial charge in [0.15, 0.2) is 0 Å². The zero-order valence-electron chi connectivity index (χ0n) is 11.4. The minimum atomic E-state index is -0.180. The summed E-state index contributed by atoms with van der Waals surface area (Å²) in [6, 6.07) is 18.5. The van der Waals surface area contributed by atoms with E-state index in [9.17, 15) is 0 Å². The number of benzene rings is 2. The van der Waals surface area contributed by atoms with Crippen molar-refractivity contribution < 1.29 is 0 Å². The topological polar surface area (TPSA) is 43.8 Å². The highest BCUT2D eigenvalue weighted by atomic mass is 15.0. The Balaban J connectivity index is 1.86. The van der Waals surface area contributed by atoms with E-state index in [2.05, 4.69) is 41.4 Å². The summed E-state index contributed by atoms with van der Waals surface area (Å²) in [6.07, 6.45) is 3.73. The number of nitrogens with zero attached hydrogens (tertiary/aromatic N) is 2. The second kappa shape index (κ2) is 5.31. The molecular weight excluding hydrogens is 246 g/mol. The van der Waals surface area contributed by atoms with E-state index in [4.69, 9.17) is 5.73 Å². The van der Waals surface area contributed by atoms with E-state index in [0.717, 1.165) is 11.3 Å². The van der Waals surface area contributed by atoms with E-state index < -0.39 is 0 Å². The number of hydrogen-bond donors (Lipinski definition) is 1. The van der Waals surface area contributed by atoms with Gasteiger partial charge in [0.1, 0.15) is 0 Å². The molecule has 0 fully saturated rings. The molecule has 0 aliphatic rings. The summed E-state index contributed by atoms with van der Waals surface area (Å²) < 4.78 is 1.91. The Morgan fingerprint density at radius 2 is 1.60 bits per heavy atom. The van der Waals surface area contributed by atoms with E-state index in [1.165, 1.54) is 11.1 Å². The molecule has 3 nitrogen and oxygen atoms in total. The van der Waals surface area contributed by atoms with Crippen LogP contribution in [0.2, 0.25) is 0 Å². The van der Waals surface area contributed by atoms with Gasteiger partial charge in [0, 0.05) is 13.2 Å². The molecule has 0 amide bonds. The van der Waals surface area contributed by atoms with Gasteiger partial charge in [0.25, 0.3) is 0 Å². The number of hydrogen-bond acceptors (Lipinski definition) is 2. The normalized spacial score (nSPS) is 12.3. The van der Waals surface area contributed by atoms with Crippen molar-refractivity contribution in [3.8, 4) is 11.1 Å². The average Bonchev–Trinajstić information content (AvgIpc) is 2.94. The zero-order chi connectivity index (χ0) is 13.9. The van der Waals surface area contributed by atoms with Crippen molar-refractivity contribution in [2.24, 2.45) is 12.8 Å². The van der Waals surface area contributed by atoms with Crippen LogP contribution in [-0.4, -0.2) is 9.55 Å². The molecule has 1 heterocycles. The van der Waals surface area contributed by atoms with Crippen molar-refractivity contribution in [2.75, 3.05) is 0 Å². The Bertz CT molecular complexity index is 684. The Labute approximate surface area is 118 Å². The lowest BCUT2D eigenvalue weighted by molar-refractivity contribution is 0.835. The third-order valence-electron chi connectivity index (χ3n) is 3.42. The van der Waals surface area contributed by atoms with Crippen LogP contribution in [0.3, 0.4) is 0 Å². The Kier molecular flexibility index (Phi) is 3.35. The number of imidazole rings is 1. The molecule has 3 aromatic rings. The largest absolute Gasteiger partial charge is 0.340 e. The third kappa shape index (κ3) is 2.49. The second-order valence-corrected chi connectivity index (χ2v) is 4.93. The van der Waals surface area contributed by atoms with Crippen LogP contribution in [0, 0.1) is 0 Å². The van der Waals surface area contributed by atoms with Crippen molar-refractivity contribution in [1.82, 2.24) is 9.55 Å². The first-order valence-corrected chi connectivity index (χ1v) is 6.63. The first-order chi connectivity index (χ1) is 9.74. The lowest BCUT2D eigenvalue weighted by Crippen LogP contribution is -2.12. The van der Waals surface area contributed by atoms with Gasteiger partial charge in [0.05, 0.1) is 18.1 Å². The second-order valence-electron chi connectivity index (χ2n) is 4.93. The molecule has 0 spiro atoms. The minimum Gasteiger partial charge on any atom is -0.340 e. The molecule has 0 aliphatic heterocycles. The van der Waals surface area contributed by atoms with Crippen molar-refractivity contribution >= 4 is 0 Å². The number of aryl methyl sites for hydroxylation is 1. The number of nitrogens with two attached hydrogens (primary N) is 1. The number of rotatable bonds is 3. The quantitative estimate of drug-likeness (QED) is 0.789. The highest BCUT2D eigenvalue weighted by molar-refractivity contribution is 5.63. The maximum absolute atomic E-state index is 6.24. The predicted octanol–water partition coefficient (Wildman–Crippen LogP) is 3.14. The molecule has 20 heavy (non-hydrogen) atoms. The Hall–Kier alpha value is -2.39. The summed E-state index contributed by atoms with van der Waals surface area (Å²) in [5.41, 5.74) is 10.6. The van der Waals surface area contributed by atoms with Gasteiger partial charge in [-0.2, -0.15) is 0 Å². The van der Waals surface area contributed by atoms with Crippen LogP contribution in [-0.2, 0) is 7.05 Å². The minimum absolute atomic E-state index is 0.180. The van der Waals surface area contributed by atoms with Crippen LogP contribution in [0.5, 0.6) is 0 Å². The Morgan fingerprint density at radius 3 is 2.20 bits per heavy atom. The molecule has 0 saturated heterocycles. The molecule has 3 heteroatoms. The third-order valence-corrected chi connectivity index (χ3v) is 3.42. The SMILES string of the molecule is Cn1cnc(C(N)c2ccc(-c3ccccc3)cc2)c1. The summed E-state index contributed by atoms with van der Waals surface area (Å²) in [5.74, 6) is 0. The van der Waals surface area contributed by atoms with Crippen LogP contribution in [0.4, 0.5) is 0 Å². The number of aromatic nitrogens is 2. The summed E-state index contributed by atoms with van der Waals surface area (Å²) in [7, 11) is 1.95. The maximum atomic E-state index is 6.24. The van der Waals surface area contributed by atoms with Gasteiger partial charge in [0.2, 0.25) is 0 Å². The summed E-state index contributed by atoms with van der Waals surface area (Å²) in [4.78, 5) is 4.31. The fourth-order valence-electron chi connectivity index (χ4n) is 2.28. The van der Waals surface area contributed by atoms with Crippen LogP contribution in [0.25, 0.3) is 11.1 Å². The summed E-state index contributed by atoms with van der Waals surface area (Å²) in [6.45, 7) is 0. The van der Waals surface area contributed by atoms with Crippen molar-refractivity contribution in [2.45, 2.75) is 6.04 Å². The van der Waals surface area contributed by atoms with E-state index in [1.807, 2.05) is 36.0 Å². The van der Waals surface area contributed by atoms with Gasteiger partial charge < -0.3 is 10.3 Å². The highest BCUT2D eigenvalue weighted by Gasteiger charge is 2.11. The van der Waals surface area contributed by atoms with Crippen LogP contribution in [0.15, 0.2) is 67.1 Å². The Morgan fingerprint density at radius 1 is 0.950 bits per heavy atom. The lowest BCUT2D eigenvalue weighted by atomic mass is 10.00. The van der Waals surface area contributed by atoms with Gasteiger partial charge in [-0.05, 0) is 16.7 Å². The zero-order valence-corrected chi connectivity index (χ0v) is 11.4. The molecular formula is C17H17N3. The fourth-order valence-corrected chi connectivity index (χ4v) is 2.28. The molecule has 2 aromatic carbocycles. The van der Waals surface area contributed by atoms with Gasteiger partial charge in [-0.1, -0.05) is 54.6 Å². The molecule has 1 atom stereocenters. The smallest absolute Gasteiger partial charge is 0.0947 e. The predicted molar refractivity (Wildman–Crippen MR) is 81.1 cm³/mol. The first-order valence-electron chi connectivity index (χ1n) is 6.63. The summed E-state index contributed by atoms with van der Waals surface area (Å²) >= 11 is 0. The molecule has 3 rings (SSSR count). The molecule has 1 aromatic heterocycles. The molecule has 100 valence electrons. The van der Waals surface area contributed by atoms with Crippen molar-refractivity contribution in [3.05, 3.63) is 78.4 Å². The molecule has 1 unspecified atom stereocenters. The standard InChI is InChI=1S/C17H17N3/c1-20-11-16(19-12-20)17(18)15-9-7-14(8-10-15)13-5-3-2-4-6-13/h2-12,17H,18H2,1H3. The van der Waals surface area contributed by atoms with Crippen LogP contribution in [0.1, 0.15) is 17.3 Å². The van der Waals surface area contributed by atoms with E-state index in [-0.39, 0.29) is 6.04 Å². The molecule has 0 aliphatic carbocycles. The van der Waals surface area contributed by atoms with Crippen LogP contribution < -0.4 is 5.73 Å². The van der Waals surface area contributed by atoms with Crippen molar-refractivity contribution in [1.29, 1.82) is 0 Å². The van der Waals surface area contributed by atoms with E-state index in [1.54, 1.807) is 6.33 Å². The van der Waals surface area contributed by atoms with Crippen molar-refractivity contribution in [3.63, 3.8) is 0 Å². The highest BCUT2D eigenvalue weighted by Crippen LogP contribution is 2.23. The monoisotopic (exact) mass is 263 g/mol. The van der Waals surface area contributed by atoms with Gasteiger partial charge in [-0.25, -0.2) is 4.98 Å². The lowest BCUT2D eigenvalue weighted by Gasteiger charge is -2.10. The van der Waals surface area contributed by atoms with Gasteiger partial charge in [-0.3, -0.25) is 0 Å². The van der Waals surface area contributed by atoms with E-state index >= 15 is 0 Å². The average molecular weight is 263 g/mol. The fraction of sp³-hybridized carbons (Fsp3) is 0.118. The van der Waals surface area contributed by atoms with Gasteiger partial charge in [-0.15, -0.1) is 0 Å². The summed E-state index contributed by atoms with van der Waals surface area (Å²) in [5, 5.41) is 0. The molecule has 0 saturated carbocycles. The first kappa shape index (κ1) is 12.6. The van der Waals surface area contributed by atoms with Gasteiger partial charge >= 0.3 is 0 Å². The van der Waals surface area contributed by atoms with Crippen LogP contribution >= 0.6 is 0 Å². The molecule has 0 bridgehead atoms. The van der Waals surface area contributed by atoms with E-state index in [0.29, 0.717) is 0 Å².